The van der Waals surface area contributed by atoms with Gasteiger partial charge < -0.3 is 15.4 Å². The highest BCUT2D eigenvalue weighted by atomic mass is 35.5. The first-order valence-electron chi connectivity index (χ1n) is 7.75. The van der Waals surface area contributed by atoms with Gasteiger partial charge in [0.25, 0.3) is 0 Å². The number of hydrogen-bond acceptors (Lipinski definition) is 3. The zero-order chi connectivity index (χ0) is 13.7. The Hall–Kier alpha value is -0.320. The van der Waals surface area contributed by atoms with Crippen molar-refractivity contribution in [2.45, 2.75) is 58.0 Å². The fourth-order valence-corrected chi connectivity index (χ4v) is 3.41. The van der Waals surface area contributed by atoms with E-state index in [0.717, 1.165) is 39.0 Å². The van der Waals surface area contributed by atoms with Crippen LogP contribution in [-0.2, 0) is 9.53 Å². The van der Waals surface area contributed by atoms with Crippen molar-refractivity contribution in [3.05, 3.63) is 0 Å². The third-order valence-electron chi connectivity index (χ3n) is 4.68. The normalized spacial score (nSPS) is 26.5. The van der Waals surface area contributed by atoms with E-state index >= 15 is 0 Å². The van der Waals surface area contributed by atoms with Crippen molar-refractivity contribution in [1.82, 2.24) is 4.90 Å². The summed E-state index contributed by atoms with van der Waals surface area (Å²) >= 11 is 0. The first-order chi connectivity index (χ1) is 9.15. The van der Waals surface area contributed by atoms with Crippen molar-refractivity contribution in [2.75, 3.05) is 26.2 Å². The van der Waals surface area contributed by atoms with Crippen LogP contribution < -0.4 is 5.73 Å². The molecule has 1 amide bonds. The molecule has 0 spiro atoms. The lowest BCUT2D eigenvalue weighted by atomic mass is 9.71. The zero-order valence-corrected chi connectivity index (χ0v) is 13.4. The molecule has 1 aliphatic heterocycles. The number of carbonyl (C=O) groups is 1. The van der Waals surface area contributed by atoms with Gasteiger partial charge in [0.1, 0.15) is 0 Å². The molecule has 1 saturated carbocycles. The predicted molar refractivity (Wildman–Crippen MR) is 83.0 cm³/mol. The van der Waals surface area contributed by atoms with Gasteiger partial charge in [0.05, 0.1) is 6.10 Å². The molecule has 1 unspecified atom stereocenters. The molecule has 0 aromatic heterocycles. The van der Waals surface area contributed by atoms with Crippen LogP contribution in [0, 0.1) is 5.41 Å². The van der Waals surface area contributed by atoms with Crippen LogP contribution >= 0.6 is 12.4 Å². The van der Waals surface area contributed by atoms with Gasteiger partial charge >= 0.3 is 0 Å². The minimum atomic E-state index is 0. The largest absolute Gasteiger partial charge is 0.377 e. The second-order valence-electron chi connectivity index (χ2n) is 6.32. The standard InChI is InChI=1S/C15H28N2O2.ClH/c1-13-11-17(8-5-9-19-13)14(18)10-15(12-16)6-3-2-4-7-15;/h13H,2-12,16H2,1H3;1H. The smallest absolute Gasteiger partial charge is 0.223 e. The first-order valence-corrected chi connectivity index (χ1v) is 7.75. The molecule has 20 heavy (non-hydrogen) atoms. The summed E-state index contributed by atoms with van der Waals surface area (Å²) < 4.78 is 5.61. The van der Waals surface area contributed by atoms with Crippen LogP contribution in [0.15, 0.2) is 0 Å². The molecular formula is C15H29ClN2O2. The van der Waals surface area contributed by atoms with E-state index in [1.807, 2.05) is 11.8 Å². The number of rotatable bonds is 3. The highest BCUT2D eigenvalue weighted by Gasteiger charge is 2.34. The van der Waals surface area contributed by atoms with E-state index in [2.05, 4.69) is 0 Å². The van der Waals surface area contributed by atoms with E-state index in [4.69, 9.17) is 10.5 Å². The van der Waals surface area contributed by atoms with Gasteiger partial charge in [-0.15, -0.1) is 12.4 Å². The molecule has 2 aliphatic rings. The van der Waals surface area contributed by atoms with Crippen molar-refractivity contribution in [2.24, 2.45) is 11.1 Å². The second kappa shape index (κ2) is 8.20. The highest BCUT2D eigenvalue weighted by molar-refractivity contribution is 5.85. The molecule has 0 bridgehead atoms. The summed E-state index contributed by atoms with van der Waals surface area (Å²) in [4.78, 5) is 14.5. The van der Waals surface area contributed by atoms with E-state index in [1.165, 1.54) is 19.3 Å². The Bertz CT molecular complexity index is 306. The average Bonchev–Trinajstić information content (AvgIpc) is 2.64. The molecule has 5 heteroatoms. The molecule has 118 valence electrons. The number of amides is 1. The van der Waals surface area contributed by atoms with Gasteiger partial charge in [0, 0.05) is 26.1 Å². The van der Waals surface area contributed by atoms with E-state index in [9.17, 15) is 4.79 Å². The number of carbonyl (C=O) groups excluding carboxylic acids is 1. The lowest BCUT2D eigenvalue weighted by Gasteiger charge is -2.37. The van der Waals surface area contributed by atoms with E-state index in [-0.39, 0.29) is 29.8 Å². The first kappa shape index (κ1) is 17.7. The van der Waals surface area contributed by atoms with Gasteiger partial charge in [-0.1, -0.05) is 19.3 Å². The molecule has 2 rings (SSSR count). The van der Waals surface area contributed by atoms with Crippen molar-refractivity contribution in [1.29, 1.82) is 0 Å². The third kappa shape index (κ3) is 4.61. The summed E-state index contributed by atoms with van der Waals surface area (Å²) in [6.45, 7) is 5.04. The topological polar surface area (TPSA) is 55.6 Å². The van der Waals surface area contributed by atoms with Crippen LogP contribution in [0.4, 0.5) is 0 Å². The number of ether oxygens (including phenoxy) is 1. The molecule has 0 aromatic rings. The fraction of sp³-hybridized carbons (Fsp3) is 0.933. The van der Waals surface area contributed by atoms with Gasteiger partial charge in [-0.2, -0.15) is 0 Å². The van der Waals surface area contributed by atoms with E-state index in [1.54, 1.807) is 0 Å². The molecule has 1 aliphatic carbocycles. The van der Waals surface area contributed by atoms with Crippen LogP contribution in [-0.4, -0.2) is 43.2 Å². The number of nitrogens with two attached hydrogens (primary N) is 1. The van der Waals surface area contributed by atoms with Gasteiger partial charge in [0.15, 0.2) is 0 Å². The molecule has 0 aromatic carbocycles. The third-order valence-corrected chi connectivity index (χ3v) is 4.68. The van der Waals surface area contributed by atoms with Crippen LogP contribution in [0.1, 0.15) is 51.9 Å². The van der Waals surface area contributed by atoms with Crippen LogP contribution in [0.5, 0.6) is 0 Å². The minimum absolute atomic E-state index is 0. The highest BCUT2D eigenvalue weighted by Crippen LogP contribution is 2.38. The molecule has 0 radical (unpaired) electrons. The Balaban J connectivity index is 0.00000200. The van der Waals surface area contributed by atoms with Gasteiger partial charge in [-0.3, -0.25) is 4.79 Å². The summed E-state index contributed by atoms with van der Waals surface area (Å²) in [6, 6.07) is 0. The molecular weight excluding hydrogens is 276 g/mol. The van der Waals surface area contributed by atoms with Gasteiger partial charge in [-0.25, -0.2) is 0 Å². The lowest BCUT2D eigenvalue weighted by Crippen LogP contribution is -2.42. The molecule has 1 atom stereocenters. The molecule has 4 nitrogen and oxygen atoms in total. The Labute approximate surface area is 128 Å². The Morgan fingerprint density at radius 2 is 2.00 bits per heavy atom. The summed E-state index contributed by atoms with van der Waals surface area (Å²) in [5, 5.41) is 0. The summed E-state index contributed by atoms with van der Waals surface area (Å²) in [5.41, 5.74) is 6.05. The molecule has 2 fully saturated rings. The van der Waals surface area contributed by atoms with Crippen molar-refractivity contribution >= 4 is 18.3 Å². The lowest BCUT2D eigenvalue weighted by molar-refractivity contribution is -0.134. The van der Waals surface area contributed by atoms with Crippen molar-refractivity contribution in [3.8, 4) is 0 Å². The second-order valence-corrected chi connectivity index (χ2v) is 6.32. The average molecular weight is 305 g/mol. The van der Waals surface area contributed by atoms with Crippen molar-refractivity contribution < 1.29 is 9.53 Å². The quantitative estimate of drug-likeness (QED) is 0.871. The van der Waals surface area contributed by atoms with Crippen LogP contribution in [0.3, 0.4) is 0 Å². The maximum absolute atomic E-state index is 12.5. The zero-order valence-electron chi connectivity index (χ0n) is 12.6. The van der Waals surface area contributed by atoms with Crippen LogP contribution in [0.25, 0.3) is 0 Å². The van der Waals surface area contributed by atoms with Crippen LogP contribution in [0.2, 0.25) is 0 Å². The SMILES string of the molecule is CC1CN(C(=O)CC2(CN)CCCCC2)CCCO1.Cl. The fourth-order valence-electron chi connectivity index (χ4n) is 3.41. The summed E-state index contributed by atoms with van der Waals surface area (Å²) in [6.07, 6.45) is 7.73. The monoisotopic (exact) mass is 304 g/mol. The van der Waals surface area contributed by atoms with E-state index < -0.39 is 0 Å². The van der Waals surface area contributed by atoms with Gasteiger partial charge in [0.2, 0.25) is 5.91 Å². The number of halogens is 1. The Kier molecular flexibility index (Phi) is 7.27. The maximum atomic E-state index is 12.5. The Morgan fingerprint density at radius 1 is 1.30 bits per heavy atom. The minimum Gasteiger partial charge on any atom is -0.377 e. The number of nitrogens with zero attached hydrogens (tertiary/aromatic N) is 1. The summed E-state index contributed by atoms with van der Waals surface area (Å²) in [5.74, 6) is 0.282. The predicted octanol–water partition coefficient (Wildman–Crippen LogP) is 2.34. The maximum Gasteiger partial charge on any atom is 0.223 e. The molecule has 1 heterocycles. The number of hydrogen-bond donors (Lipinski definition) is 1. The van der Waals surface area contributed by atoms with Crippen molar-refractivity contribution in [3.63, 3.8) is 0 Å². The van der Waals surface area contributed by atoms with E-state index in [0.29, 0.717) is 13.0 Å². The molecule has 1 saturated heterocycles. The van der Waals surface area contributed by atoms with Gasteiger partial charge in [-0.05, 0) is 38.1 Å². The molecule has 2 N–H and O–H groups in total. The summed E-state index contributed by atoms with van der Waals surface area (Å²) in [7, 11) is 0. The Morgan fingerprint density at radius 3 is 2.65 bits per heavy atom.